The van der Waals surface area contributed by atoms with E-state index >= 15 is 0 Å². The van der Waals surface area contributed by atoms with Gasteiger partial charge in [-0.1, -0.05) is 13.0 Å². The van der Waals surface area contributed by atoms with Gasteiger partial charge >= 0.3 is 0 Å². The predicted octanol–water partition coefficient (Wildman–Crippen LogP) is 2.83. The molecule has 1 heterocycles. The lowest BCUT2D eigenvalue weighted by molar-refractivity contribution is -0.131. The summed E-state index contributed by atoms with van der Waals surface area (Å²) in [4.78, 5) is 17.7. The highest BCUT2D eigenvalue weighted by atomic mass is 32.1. The van der Waals surface area contributed by atoms with Gasteiger partial charge in [-0.15, -0.1) is 11.3 Å². The lowest BCUT2D eigenvalue weighted by Gasteiger charge is -2.24. The van der Waals surface area contributed by atoms with Gasteiger partial charge in [0.2, 0.25) is 5.91 Å². The van der Waals surface area contributed by atoms with Crippen molar-refractivity contribution in [2.45, 2.75) is 32.7 Å². The number of thiophene rings is 1. The van der Waals surface area contributed by atoms with Gasteiger partial charge in [0.1, 0.15) is 0 Å². The van der Waals surface area contributed by atoms with Gasteiger partial charge in [0.15, 0.2) is 0 Å². The summed E-state index contributed by atoms with van der Waals surface area (Å²) in [5.41, 5.74) is 0. The van der Waals surface area contributed by atoms with Crippen molar-refractivity contribution in [3.8, 4) is 0 Å². The normalized spacial score (nSPS) is 14.9. The van der Waals surface area contributed by atoms with Gasteiger partial charge in [0.05, 0.1) is 13.1 Å². The fourth-order valence-electron chi connectivity index (χ4n) is 2.25. The number of carbonyl (C=O) groups excluding carboxylic acids is 1. The maximum atomic E-state index is 12.2. The summed E-state index contributed by atoms with van der Waals surface area (Å²) < 4.78 is 0. The number of rotatable bonds is 8. The molecule has 0 aromatic carbocycles. The third-order valence-corrected chi connectivity index (χ3v) is 4.37. The molecule has 0 radical (unpaired) electrons. The second-order valence-electron chi connectivity index (χ2n) is 5.51. The van der Waals surface area contributed by atoms with Crippen molar-refractivity contribution in [1.82, 2.24) is 9.80 Å². The Morgan fingerprint density at radius 3 is 2.84 bits per heavy atom. The van der Waals surface area contributed by atoms with Gasteiger partial charge in [-0.05, 0) is 43.2 Å². The number of carbonyl (C=O) groups is 1. The Bertz CT molecular complexity index is 387. The lowest BCUT2D eigenvalue weighted by atomic mass is 10.3. The summed E-state index contributed by atoms with van der Waals surface area (Å²) >= 11 is 1.71. The average molecular weight is 280 g/mol. The summed E-state index contributed by atoms with van der Waals surface area (Å²) in [5, 5.41) is 2.06. The molecule has 0 atom stereocenters. The molecule has 1 amide bonds. The Morgan fingerprint density at radius 1 is 1.47 bits per heavy atom. The zero-order valence-corrected chi connectivity index (χ0v) is 12.8. The maximum absolute atomic E-state index is 12.2. The number of hydrogen-bond acceptors (Lipinski definition) is 3. The second-order valence-corrected chi connectivity index (χ2v) is 6.54. The van der Waals surface area contributed by atoms with Crippen LogP contribution in [0.25, 0.3) is 0 Å². The molecular formula is C15H24N2OS. The quantitative estimate of drug-likeness (QED) is 0.731. The van der Waals surface area contributed by atoms with Crippen LogP contribution < -0.4 is 0 Å². The van der Waals surface area contributed by atoms with E-state index in [4.69, 9.17) is 0 Å². The number of hydrogen-bond donors (Lipinski definition) is 0. The van der Waals surface area contributed by atoms with Crippen LogP contribution in [0, 0.1) is 5.92 Å². The topological polar surface area (TPSA) is 23.6 Å². The minimum absolute atomic E-state index is 0.238. The summed E-state index contributed by atoms with van der Waals surface area (Å²) in [6.45, 7) is 5.63. The van der Waals surface area contributed by atoms with Crippen molar-refractivity contribution in [3.63, 3.8) is 0 Å². The molecule has 2 rings (SSSR count). The Hall–Kier alpha value is -0.870. The van der Waals surface area contributed by atoms with Gasteiger partial charge in [0.25, 0.3) is 0 Å². The van der Waals surface area contributed by atoms with Crippen molar-refractivity contribution in [3.05, 3.63) is 22.4 Å². The van der Waals surface area contributed by atoms with E-state index in [1.807, 2.05) is 18.0 Å². The van der Waals surface area contributed by atoms with Crippen LogP contribution in [0.2, 0.25) is 0 Å². The van der Waals surface area contributed by atoms with E-state index in [1.54, 1.807) is 11.3 Å². The second kappa shape index (κ2) is 7.06. The Morgan fingerprint density at radius 2 is 2.26 bits per heavy atom. The van der Waals surface area contributed by atoms with E-state index in [0.717, 1.165) is 32.0 Å². The van der Waals surface area contributed by atoms with Gasteiger partial charge in [-0.25, -0.2) is 0 Å². The molecule has 1 fully saturated rings. The molecule has 4 heteroatoms. The van der Waals surface area contributed by atoms with Crippen LogP contribution in [-0.4, -0.2) is 42.4 Å². The molecule has 1 saturated carbocycles. The maximum Gasteiger partial charge on any atom is 0.236 e. The summed E-state index contributed by atoms with van der Waals surface area (Å²) in [6.07, 6.45) is 3.81. The fourth-order valence-corrected chi connectivity index (χ4v) is 3.01. The smallest absolute Gasteiger partial charge is 0.236 e. The molecule has 3 nitrogen and oxygen atoms in total. The van der Waals surface area contributed by atoms with Crippen LogP contribution in [0.5, 0.6) is 0 Å². The van der Waals surface area contributed by atoms with Crippen LogP contribution in [0.4, 0.5) is 0 Å². The first-order chi connectivity index (χ1) is 9.19. The van der Waals surface area contributed by atoms with Gasteiger partial charge in [0, 0.05) is 18.5 Å². The third kappa shape index (κ3) is 4.96. The first kappa shape index (κ1) is 14.5. The number of amides is 1. The Balaban J connectivity index is 1.79. The van der Waals surface area contributed by atoms with Gasteiger partial charge in [-0.2, -0.15) is 0 Å². The van der Waals surface area contributed by atoms with E-state index < -0.39 is 0 Å². The fraction of sp³-hybridized carbons (Fsp3) is 0.667. The van der Waals surface area contributed by atoms with Crippen molar-refractivity contribution in [2.24, 2.45) is 5.92 Å². The first-order valence-corrected chi connectivity index (χ1v) is 8.05. The highest BCUT2D eigenvalue weighted by molar-refractivity contribution is 7.09. The molecule has 0 saturated heterocycles. The Kier molecular flexibility index (Phi) is 5.40. The average Bonchev–Trinajstić information content (AvgIpc) is 3.03. The zero-order chi connectivity index (χ0) is 13.7. The molecule has 0 aliphatic heterocycles. The van der Waals surface area contributed by atoms with E-state index in [2.05, 4.69) is 23.3 Å². The summed E-state index contributed by atoms with van der Waals surface area (Å²) in [7, 11) is 1.91. The van der Waals surface area contributed by atoms with E-state index in [0.29, 0.717) is 6.54 Å². The molecule has 19 heavy (non-hydrogen) atoms. The van der Waals surface area contributed by atoms with E-state index in [9.17, 15) is 4.79 Å². The predicted molar refractivity (Wildman–Crippen MR) is 80.2 cm³/mol. The summed E-state index contributed by atoms with van der Waals surface area (Å²) in [6, 6.07) is 4.12. The monoisotopic (exact) mass is 280 g/mol. The SMILES string of the molecule is CCCN(CC(=O)N(C)Cc1cccs1)CC1CC1. The first-order valence-electron chi connectivity index (χ1n) is 7.17. The molecule has 0 N–H and O–H groups in total. The largest absolute Gasteiger partial charge is 0.340 e. The van der Waals surface area contributed by atoms with E-state index in [-0.39, 0.29) is 5.91 Å². The molecule has 1 aromatic rings. The molecule has 1 aromatic heterocycles. The zero-order valence-electron chi connectivity index (χ0n) is 12.0. The molecule has 1 aliphatic carbocycles. The number of nitrogens with zero attached hydrogens (tertiary/aromatic N) is 2. The van der Waals surface area contributed by atoms with E-state index in [1.165, 1.54) is 17.7 Å². The highest BCUT2D eigenvalue weighted by Gasteiger charge is 2.25. The molecular weight excluding hydrogens is 256 g/mol. The van der Waals surface area contributed by atoms with Crippen LogP contribution >= 0.6 is 11.3 Å². The Labute approximate surface area is 120 Å². The molecule has 0 spiro atoms. The van der Waals surface area contributed by atoms with Crippen LogP contribution in [0.1, 0.15) is 31.1 Å². The highest BCUT2D eigenvalue weighted by Crippen LogP contribution is 2.29. The van der Waals surface area contributed by atoms with Crippen LogP contribution in [0.15, 0.2) is 17.5 Å². The third-order valence-electron chi connectivity index (χ3n) is 3.51. The minimum Gasteiger partial charge on any atom is -0.340 e. The van der Waals surface area contributed by atoms with Crippen LogP contribution in [-0.2, 0) is 11.3 Å². The van der Waals surface area contributed by atoms with Gasteiger partial charge < -0.3 is 4.90 Å². The van der Waals surface area contributed by atoms with Crippen molar-refractivity contribution < 1.29 is 4.79 Å². The van der Waals surface area contributed by atoms with Crippen molar-refractivity contribution in [1.29, 1.82) is 0 Å². The van der Waals surface area contributed by atoms with Gasteiger partial charge in [-0.3, -0.25) is 9.69 Å². The number of likely N-dealkylation sites (N-methyl/N-ethyl adjacent to an activating group) is 1. The standard InChI is InChI=1S/C15H24N2OS/c1-3-8-17(10-13-6-7-13)12-15(18)16(2)11-14-5-4-9-19-14/h4-5,9,13H,3,6-8,10-12H2,1-2H3. The molecule has 0 bridgehead atoms. The lowest BCUT2D eigenvalue weighted by Crippen LogP contribution is -2.39. The minimum atomic E-state index is 0.238. The molecule has 1 aliphatic rings. The molecule has 106 valence electrons. The van der Waals surface area contributed by atoms with Crippen molar-refractivity contribution >= 4 is 17.2 Å². The summed E-state index contributed by atoms with van der Waals surface area (Å²) in [5.74, 6) is 1.09. The molecule has 0 unspecified atom stereocenters. The van der Waals surface area contributed by atoms with Crippen LogP contribution in [0.3, 0.4) is 0 Å². The van der Waals surface area contributed by atoms with Crippen molar-refractivity contribution in [2.75, 3.05) is 26.7 Å².